The Balaban J connectivity index is 1.82. The molecule has 0 aliphatic heterocycles. The summed E-state index contributed by atoms with van der Waals surface area (Å²) in [5.74, 6) is -0.780. The first-order chi connectivity index (χ1) is 13.7. The van der Waals surface area contributed by atoms with E-state index in [1.165, 1.54) is 24.3 Å². The van der Waals surface area contributed by atoms with Gasteiger partial charge in [0.15, 0.2) is 0 Å². The summed E-state index contributed by atoms with van der Waals surface area (Å²) in [6, 6.07) is 19.6. The van der Waals surface area contributed by atoms with Gasteiger partial charge in [-0.2, -0.15) is 0 Å². The van der Waals surface area contributed by atoms with Gasteiger partial charge in [0.1, 0.15) is 5.82 Å². The number of hydrogen-bond acceptors (Lipinski definition) is 3. The molecule has 0 saturated carbocycles. The molecule has 3 aromatic carbocycles. The molecule has 0 radical (unpaired) electrons. The van der Waals surface area contributed by atoms with Gasteiger partial charge in [0.2, 0.25) is 10.0 Å². The highest BCUT2D eigenvalue weighted by atomic mass is 32.2. The van der Waals surface area contributed by atoms with E-state index in [0.717, 1.165) is 16.1 Å². The van der Waals surface area contributed by atoms with Gasteiger partial charge >= 0.3 is 0 Å². The Bertz CT molecular complexity index is 1130. The van der Waals surface area contributed by atoms with Crippen molar-refractivity contribution in [2.75, 3.05) is 15.9 Å². The maximum absolute atomic E-state index is 14.0. The van der Waals surface area contributed by atoms with E-state index in [-0.39, 0.29) is 18.0 Å². The normalized spacial score (nSPS) is 11.1. The molecule has 5 nitrogen and oxygen atoms in total. The van der Waals surface area contributed by atoms with Gasteiger partial charge in [-0.15, -0.1) is 0 Å². The number of nitrogens with one attached hydrogen (secondary N) is 1. The van der Waals surface area contributed by atoms with Crippen LogP contribution in [0.2, 0.25) is 0 Å². The number of sulfonamides is 1. The summed E-state index contributed by atoms with van der Waals surface area (Å²) in [6.45, 7) is 1.79. The zero-order valence-electron chi connectivity index (χ0n) is 16.1. The third kappa shape index (κ3) is 5.20. The Kier molecular flexibility index (Phi) is 5.98. The maximum atomic E-state index is 14.0. The maximum Gasteiger partial charge on any atom is 0.255 e. The molecule has 0 spiro atoms. The van der Waals surface area contributed by atoms with Gasteiger partial charge in [-0.3, -0.25) is 9.10 Å². The molecule has 7 heteroatoms. The number of halogens is 1. The van der Waals surface area contributed by atoms with E-state index in [2.05, 4.69) is 5.32 Å². The number of nitrogens with zero attached hydrogens (tertiary/aromatic N) is 1. The van der Waals surface area contributed by atoms with Gasteiger partial charge in [-0.05, 0) is 55.0 Å². The third-order valence-electron chi connectivity index (χ3n) is 4.37. The van der Waals surface area contributed by atoms with Crippen LogP contribution in [0.25, 0.3) is 0 Å². The first kappa shape index (κ1) is 20.5. The summed E-state index contributed by atoms with van der Waals surface area (Å²) in [5.41, 5.74) is 2.70. The Morgan fingerprint density at radius 1 is 1.00 bits per heavy atom. The summed E-state index contributed by atoms with van der Waals surface area (Å²) in [5, 5.41) is 2.80. The van der Waals surface area contributed by atoms with Crippen LogP contribution in [0.3, 0.4) is 0 Å². The quantitative estimate of drug-likeness (QED) is 0.654. The molecule has 0 aliphatic carbocycles. The van der Waals surface area contributed by atoms with E-state index >= 15 is 0 Å². The van der Waals surface area contributed by atoms with Gasteiger partial charge < -0.3 is 5.32 Å². The summed E-state index contributed by atoms with van der Waals surface area (Å²) in [4.78, 5) is 12.4. The molecule has 0 atom stereocenters. The van der Waals surface area contributed by atoms with Gasteiger partial charge in [0.25, 0.3) is 5.91 Å². The van der Waals surface area contributed by atoms with E-state index in [4.69, 9.17) is 0 Å². The molecule has 3 rings (SSSR count). The minimum atomic E-state index is -3.65. The summed E-state index contributed by atoms with van der Waals surface area (Å²) in [6.07, 6.45) is 1.06. The largest absolute Gasteiger partial charge is 0.322 e. The van der Waals surface area contributed by atoms with Crippen molar-refractivity contribution >= 4 is 27.3 Å². The van der Waals surface area contributed by atoms with Crippen molar-refractivity contribution in [3.63, 3.8) is 0 Å². The van der Waals surface area contributed by atoms with E-state index < -0.39 is 15.8 Å². The third-order valence-corrected chi connectivity index (χ3v) is 5.51. The van der Waals surface area contributed by atoms with Crippen LogP contribution in [0.5, 0.6) is 0 Å². The zero-order valence-corrected chi connectivity index (χ0v) is 16.9. The second kappa shape index (κ2) is 8.45. The molecule has 1 amide bonds. The van der Waals surface area contributed by atoms with E-state index in [1.807, 2.05) is 25.1 Å². The summed E-state index contributed by atoms with van der Waals surface area (Å²) < 4.78 is 39.6. The number of carbonyl (C=O) groups excluding carboxylic acids is 1. The van der Waals surface area contributed by atoms with Crippen molar-refractivity contribution in [3.8, 4) is 0 Å². The molecule has 0 unspecified atom stereocenters. The van der Waals surface area contributed by atoms with Crippen LogP contribution in [0, 0.1) is 12.7 Å². The summed E-state index contributed by atoms with van der Waals surface area (Å²) >= 11 is 0. The molecule has 0 heterocycles. The molecular weight excluding hydrogens is 391 g/mol. The van der Waals surface area contributed by atoms with Gasteiger partial charge in [-0.25, -0.2) is 12.8 Å². The van der Waals surface area contributed by atoms with Crippen LogP contribution >= 0.6 is 0 Å². The SMILES string of the molecule is Cc1cccc(NC(=O)c2ccc(N(Cc3ccccc3F)S(C)(=O)=O)cc2)c1. The molecule has 1 N–H and O–H groups in total. The lowest BCUT2D eigenvalue weighted by Gasteiger charge is -2.23. The van der Waals surface area contributed by atoms with Gasteiger partial charge in [-0.1, -0.05) is 30.3 Å². The Hall–Kier alpha value is -3.19. The lowest BCUT2D eigenvalue weighted by molar-refractivity contribution is 0.102. The highest BCUT2D eigenvalue weighted by Crippen LogP contribution is 2.23. The van der Waals surface area contributed by atoms with Crippen molar-refractivity contribution in [2.45, 2.75) is 13.5 Å². The molecule has 0 aliphatic rings. The van der Waals surface area contributed by atoms with Crippen LogP contribution in [0.15, 0.2) is 72.8 Å². The number of amides is 1. The fraction of sp³-hybridized carbons (Fsp3) is 0.136. The lowest BCUT2D eigenvalue weighted by atomic mass is 10.1. The highest BCUT2D eigenvalue weighted by molar-refractivity contribution is 7.92. The predicted molar refractivity (Wildman–Crippen MR) is 113 cm³/mol. The average Bonchev–Trinajstić information content (AvgIpc) is 2.66. The fourth-order valence-electron chi connectivity index (χ4n) is 2.89. The number of carbonyl (C=O) groups is 1. The van der Waals surface area contributed by atoms with E-state index in [1.54, 1.807) is 30.3 Å². The minimum absolute atomic E-state index is 0.139. The first-order valence-corrected chi connectivity index (χ1v) is 10.8. The molecular formula is C22H21FN2O3S. The molecule has 0 aromatic heterocycles. The fourth-order valence-corrected chi connectivity index (χ4v) is 3.76. The first-order valence-electron chi connectivity index (χ1n) is 8.93. The molecule has 0 fully saturated rings. The lowest BCUT2D eigenvalue weighted by Crippen LogP contribution is -2.29. The standard InChI is InChI=1S/C22H21FN2O3S/c1-16-6-5-8-19(14-16)24-22(26)17-10-12-20(13-11-17)25(29(2,27)28)15-18-7-3-4-9-21(18)23/h3-14H,15H2,1-2H3,(H,24,26). The number of hydrogen-bond donors (Lipinski definition) is 1. The van der Waals surface area contributed by atoms with Crippen molar-refractivity contribution in [1.82, 2.24) is 0 Å². The van der Waals surface area contributed by atoms with Crippen LogP contribution in [-0.4, -0.2) is 20.6 Å². The predicted octanol–water partition coefficient (Wildman–Crippen LogP) is 4.35. The number of aryl methyl sites for hydroxylation is 1. The molecule has 150 valence electrons. The van der Waals surface area contributed by atoms with Crippen molar-refractivity contribution in [1.29, 1.82) is 0 Å². The average molecular weight is 412 g/mol. The Morgan fingerprint density at radius 2 is 1.69 bits per heavy atom. The van der Waals surface area contributed by atoms with E-state index in [0.29, 0.717) is 16.9 Å². The van der Waals surface area contributed by atoms with Crippen LogP contribution in [0.4, 0.5) is 15.8 Å². The van der Waals surface area contributed by atoms with Crippen LogP contribution in [-0.2, 0) is 16.6 Å². The Morgan fingerprint density at radius 3 is 2.31 bits per heavy atom. The second-order valence-electron chi connectivity index (χ2n) is 6.73. The topological polar surface area (TPSA) is 66.5 Å². The van der Waals surface area contributed by atoms with Crippen molar-refractivity contribution in [3.05, 3.63) is 95.3 Å². The number of benzene rings is 3. The van der Waals surface area contributed by atoms with Gasteiger partial charge in [0.05, 0.1) is 18.5 Å². The molecule has 3 aromatic rings. The number of anilines is 2. The van der Waals surface area contributed by atoms with Crippen molar-refractivity contribution < 1.29 is 17.6 Å². The molecule has 29 heavy (non-hydrogen) atoms. The summed E-state index contributed by atoms with van der Waals surface area (Å²) in [7, 11) is -3.65. The Labute approximate surface area is 169 Å². The second-order valence-corrected chi connectivity index (χ2v) is 8.64. The monoisotopic (exact) mass is 412 g/mol. The highest BCUT2D eigenvalue weighted by Gasteiger charge is 2.20. The van der Waals surface area contributed by atoms with Crippen LogP contribution < -0.4 is 9.62 Å². The van der Waals surface area contributed by atoms with Crippen LogP contribution in [0.1, 0.15) is 21.5 Å². The molecule has 0 bridgehead atoms. The molecule has 0 saturated heterocycles. The zero-order chi connectivity index (χ0) is 21.0. The number of rotatable bonds is 6. The van der Waals surface area contributed by atoms with E-state index in [9.17, 15) is 17.6 Å². The van der Waals surface area contributed by atoms with Gasteiger partial charge in [0, 0.05) is 16.8 Å². The minimum Gasteiger partial charge on any atom is -0.322 e. The van der Waals surface area contributed by atoms with Crippen molar-refractivity contribution in [2.24, 2.45) is 0 Å². The smallest absolute Gasteiger partial charge is 0.255 e.